The van der Waals surface area contributed by atoms with Crippen LogP contribution in [0.5, 0.6) is 11.5 Å². The second-order valence-electron chi connectivity index (χ2n) is 4.67. The summed E-state index contributed by atoms with van der Waals surface area (Å²) in [5, 5.41) is 0.648. The Balaban J connectivity index is 1.87. The fourth-order valence-electron chi connectivity index (χ4n) is 2.43. The summed E-state index contributed by atoms with van der Waals surface area (Å²) >= 11 is 6.09. The molecule has 0 bridgehead atoms. The summed E-state index contributed by atoms with van der Waals surface area (Å²) in [4.78, 5) is 0. The topological polar surface area (TPSA) is 9.23 Å². The first-order valence-electron chi connectivity index (χ1n) is 6.37. The van der Waals surface area contributed by atoms with Crippen molar-refractivity contribution in [2.75, 3.05) is 0 Å². The number of para-hydroxylation sites is 1. The Morgan fingerprint density at radius 2 is 1.67 bits per heavy atom. The molecule has 0 amide bonds. The van der Waals surface area contributed by atoms with Crippen LogP contribution in [0.3, 0.4) is 0 Å². The van der Waals surface area contributed by atoms with Gasteiger partial charge < -0.3 is 4.74 Å². The van der Waals surface area contributed by atoms with Crippen molar-refractivity contribution in [3.63, 3.8) is 0 Å². The van der Waals surface area contributed by atoms with Crippen LogP contribution < -0.4 is 4.74 Å². The van der Waals surface area contributed by atoms with Gasteiger partial charge in [0.25, 0.3) is 0 Å². The summed E-state index contributed by atoms with van der Waals surface area (Å²) in [7, 11) is 0. The number of benzene rings is 2. The molecule has 0 aromatic heterocycles. The molecule has 2 heteroatoms. The Morgan fingerprint density at radius 3 is 2.50 bits per heavy atom. The zero-order chi connectivity index (χ0) is 12.4. The van der Waals surface area contributed by atoms with E-state index in [1.54, 1.807) is 0 Å². The number of hydrogen-bond acceptors (Lipinski definition) is 1. The van der Waals surface area contributed by atoms with Crippen molar-refractivity contribution in [1.29, 1.82) is 0 Å². The zero-order valence-corrected chi connectivity index (χ0v) is 10.9. The molecule has 1 aliphatic rings. The minimum Gasteiger partial charge on any atom is -0.456 e. The van der Waals surface area contributed by atoms with Gasteiger partial charge in [-0.25, -0.2) is 0 Å². The van der Waals surface area contributed by atoms with Crippen molar-refractivity contribution < 1.29 is 4.74 Å². The fraction of sp³-hybridized carbons (Fsp3) is 0.250. The third-order valence-electron chi connectivity index (χ3n) is 3.38. The van der Waals surface area contributed by atoms with Gasteiger partial charge in [-0.1, -0.05) is 29.8 Å². The van der Waals surface area contributed by atoms with Gasteiger partial charge in [0.2, 0.25) is 0 Å². The van der Waals surface area contributed by atoms with Crippen LogP contribution in [0.4, 0.5) is 0 Å². The lowest BCUT2D eigenvalue weighted by Crippen LogP contribution is -2.02. The maximum absolute atomic E-state index is 6.09. The Morgan fingerprint density at radius 1 is 0.889 bits per heavy atom. The lowest BCUT2D eigenvalue weighted by molar-refractivity contribution is 0.481. The van der Waals surface area contributed by atoms with E-state index in [9.17, 15) is 0 Å². The quantitative estimate of drug-likeness (QED) is 0.736. The summed E-state index contributed by atoms with van der Waals surface area (Å²) in [6.45, 7) is 0. The largest absolute Gasteiger partial charge is 0.456 e. The van der Waals surface area contributed by atoms with E-state index in [-0.39, 0.29) is 0 Å². The molecule has 0 saturated carbocycles. The third-order valence-corrected chi connectivity index (χ3v) is 3.70. The van der Waals surface area contributed by atoms with Gasteiger partial charge in [0.15, 0.2) is 0 Å². The van der Waals surface area contributed by atoms with Gasteiger partial charge in [0.1, 0.15) is 11.5 Å². The third kappa shape index (κ3) is 2.37. The highest BCUT2D eigenvalue weighted by Crippen LogP contribution is 2.31. The van der Waals surface area contributed by atoms with Gasteiger partial charge in [-0.3, -0.25) is 0 Å². The number of hydrogen-bond donors (Lipinski definition) is 0. The molecule has 0 spiro atoms. The number of fused-ring (bicyclic) bond motifs is 1. The maximum Gasteiger partial charge on any atom is 0.146 e. The van der Waals surface area contributed by atoms with Gasteiger partial charge in [0, 0.05) is 0 Å². The molecule has 2 aromatic carbocycles. The van der Waals surface area contributed by atoms with Gasteiger partial charge in [0.05, 0.1) is 5.02 Å². The molecular formula is C16H15ClO. The predicted octanol–water partition coefficient (Wildman–Crippen LogP) is 5.01. The molecule has 2 aromatic rings. The first-order chi connectivity index (χ1) is 8.83. The summed E-state index contributed by atoms with van der Waals surface area (Å²) in [5.41, 5.74) is 2.89. The van der Waals surface area contributed by atoms with E-state index in [1.807, 2.05) is 30.3 Å². The summed E-state index contributed by atoms with van der Waals surface area (Å²) < 4.78 is 5.84. The Hall–Kier alpha value is -1.47. The van der Waals surface area contributed by atoms with Crippen molar-refractivity contribution in [2.24, 2.45) is 0 Å². The molecule has 0 N–H and O–H groups in total. The summed E-state index contributed by atoms with van der Waals surface area (Å²) in [5.74, 6) is 1.60. The Labute approximate surface area is 112 Å². The fourth-order valence-corrected chi connectivity index (χ4v) is 2.60. The molecule has 0 fully saturated rings. The highest BCUT2D eigenvalue weighted by molar-refractivity contribution is 6.32. The number of aryl methyl sites for hydroxylation is 2. The van der Waals surface area contributed by atoms with E-state index < -0.39 is 0 Å². The molecule has 3 rings (SSSR count). The molecule has 18 heavy (non-hydrogen) atoms. The first kappa shape index (κ1) is 11.6. The lowest BCUT2D eigenvalue weighted by atomic mass is 9.92. The highest BCUT2D eigenvalue weighted by Gasteiger charge is 2.10. The van der Waals surface area contributed by atoms with Crippen molar-refractivity contribution in [3.05, 3.63) is 58.6 Å². The lowest BCUT2D eigenvalue weighted by Gasteiger charge is -2.17. The SMILES string of the molecule is Clc1ccccc1Oc1ccc2c(c1)CCCC2. The standard InChI is InChI=1S/C16H15ClO/c17-15-7-3-4-8-16(15)18-14-10-9-12-5-1-2-6-13(12)11-14/h3-4,7-11H,1-2,5-6H2. The molecule has 0 aliphatic heterocycles. The predicted molar refractivity (Wildman–Crippen MR) is 74.6 cm³/mol. The average molecular weight is 259 g/mol. The van der Waals surface area contributed by atoms with Crippen LogP contribution in [0.1, 0.15) is 24.0 Å². The van der Waals surface area contributed by atoms with Gasteiger partial charge in [-0.15, -0.1) is 0 Å². The summed E-state index contributed by atoms with van der Waals surface area (Å²) in [6, 6.07) is 13.9. The first-order valence-corrected chi connectivity index (χ1v) is 6.75. The number of ether oxygens (including phenoxy) is 1. The van der Waals surface area contributed by atoms with Gasteiger partial charge in [-0.05, 0) is 61.1 Å². The van der Waals surface area contributed by atoms with Crippen molar-refractivity contribution in [1.82, 2.24) is 0 Å². The van der Waals surface area contributed by atoms with E-state index >= 15 is 0 Å². The Kier molecular flexibility index (Phi) is 3.24. The molecule has 0 saturated heterocycles. The zero-order valence-electron chi connectivity index (χ0n) is 10.2. The van der Waals surface area contributed by atoms with Crippen LogP contribution in [0.15, 0.2) is 42.5 Å². The maximum atomic E-state index is 6.09. The van der Waals surface area contributed by atoms with Crippen molar-refractivity contribution in [2.45, 2.75) is 25.7 Å². The summed E-state index contributed by atoms with van der Waals surface area (Å²) in [6.07, 6.45) is 4.94. The van der Waals surface area contributed by atoms with Crippen molar-refractivity contribution in [3.8, 4) is 11.5 Å². The second-order valence-corrected chi connectivity index (χ2v) is 5.08. The van der Waals surface area contributed by atoms with Crippen LogP contribution >= 0.6 is 11.6 Å². The average Bonchev–Trinajstić information content (AvgIpc) is 2.41. The van der Waals surface area contributed by atoms with E-state index in [0.29, 0.717) is 5.02 Å². The molecule has 0 radical (unpaired) electrons. The van der Waals surface area contributed by atoms with Crippen molar-refractivity contribution >= 4 is 11.6 Å². The molecular weight excluding hydrogens is 244 g/mol. The van der Waals surface area contributed by atoms with Crippen LogP contribution in [0, 0.1) is 0 Å². The molecule has 1 aliphatic carbocycles. The van der Waals surface area contributed by atoms with Crippen LogP contribution in [-0.4, -0.2) is 0 Å². The van der Waals surface area contributed by atoms with E-state index in [2.05, 4.69) is 12.1 Å². The monoisotopic (exact) mass is 258 g/mol. The second kappa shape index (κ2) is 5.03. The minimum atomic E-state index is 0.648. The van der Waals surface area contributed by atoms with Gasteiger partial charge >= 0.3 is 0 Å². The number of halogens is 1. The molecule has 0 heterocycles. The van der Waals surface area contributed by atoms with E-state index in [1.165, 1.54) is 30.4 Å². The smallest absolute Gasteiger partial charge is 0.146 e. The van der Waals surface area contributed by atoms with Crippen LogP contribution in [-0.2, 0) is 12.8 Å². The molecule has 92 valence electrons. The molecule has 0 atom stereocenters. The number of rotatable bonds is 2. The molecule has 0 unspecified atom stereocenters. The highest BCUT2D eigenvalue weighted by atomic mass is 35.5. The van der Waals surface area contributed by atoms with Crippen LogP contribution in [0.25, 0.3) is 0 Å². The van der Waals surface area contributed by atoms with E-state index in [0.717, 1.165) is 17.9 Å². The minimum absolute atomic E-state index is 0.648. The molecule has 1 nitrogen and oxygen atoms in total. The van der Waals surface area contributed by atoms with E-state index in [4.69, 9.17) is 16.3 Å². The normalized spacial score (nSPS) is 14.1. The van der Waals surface area contributed by atoms with Crippen LogP contribution in [0.2, 0.25) is 5.02 Å². The van der Waals surface area contributed by atoms with Gasteiger partial charge in [-0.2, -0.15) is 0 Å². The Bertz CT molecular complexity index is 563.